The maximum Gasteiger partial charge on any atom is 0.326 e. The number of benzene rings is 1. The van der Waals surface area contributed by atoms with Crippen molar-refractivity contribution in [2.24, 2.45) is 0 Å². The van der Waals surface area contributed by atoms with Crippen LogP contribution in [0.1, 0.15) is 23.2 Å². The molecule has 1 aliphatic heterocycles. The van der Waals surface area contributed by atoms with Gasteiger partial charge >= 0.3 is 5.97 Å². The maximum absolute atomic E-state index is 12.3. The summed E-state index contributed by atoms with van der Waals surface area (Å²) in [5.74, 6) is -1.24. The third-order valence-electron chi connectivity index (χ3n) is 2.97. The van der Waals surface area contributed by atoms with Gasteiger partial charge in [0.1, 0.15) is 6.04 Å². The van der Waals surface area contributed by atoms with Crippen molar-refractivity contribution in [1.82, 2.24) is 4.90 Å². The number of hydrogen-bond donors (Lipinski definition) is 2. The molecular formula is C12H13BrN2O3. The van der Waals surface area contributed by atoms with Crippen molar-refractivity contribution in [1.29, 1.82) is 0 Å². The zero-order chi connectivity index (χ0) is 13.3. The topological polar surface area (TPSA) is 83.6 Å². The Hall–Kier alpha value is -1.56. The van der Waals surface area contributed by atoms with E-state index < -0.39 is 12.0 Å². The Balaban J connectivity index is 2.28. The molecule has 6 heteroatoms. The molecule has 5 nitrogen and oxygen atoms in total. The lowest BCUT2D eigenvalue weighted by Gasteiger charge is -2.21. The SMILES string of the molecule is Nc1cc(Br)cc(C(=O)N2CCC[C@@H]2C(=O)O)c1. The molecule has 1 aromatic carbocycles. The molecule has 1 fully saturated rings. The molecule has 0 unspecified atom stereocenters. The number of aliphatic carboxylic acids is 1. The summed E-state index contributed by atoms with van der Waals surface area (Å²) in [5.41, 5.74) is 6.56. The smallest absolute Gasteiger partial charge is 0.326 e. The monoisotopic (exact) mass is 312 g/mol. The van der Waals surface area contributed by atoms with E-state index in [4.69, 9.17) is 10.8 Å². The van der Waals surface area contributed by atoms with E-state index >= 15 is 0 Å². The van der Waals surface area contributed by atoms with Crippen LogP contribution >= 0.6 is 15.9 Å². The molecule has 0 saturated carbocycles. The molecule has 0 bridgehead atoms. The first kappa shape index (κ1) is 12.9. The number of halogens is 1. The lowest BCUT2D eigenvalue weighted by Crippen LogP contribution is -2.40. The summed E-state index contributed by atoms with van der Waals surface area (Å²) in [6.45, 7) is 0.474. The van der Waals surface area contributed by atoms with Crippen LogP contribution in [0, 0.1) is 0 Å². The fraction of sp³-hybridized carbons (Fsp3) is 0.333. The van der Waals surface area contributed by atoms with Crippen molar-refractivity contribution < 1.29 is 14.7 Å². The average Bonchev–Trinajstić information content (AvgIpc) is 2.75. The fourth-order valence-corrected chi connectivity index (χ4v) is 2.68. The molecule has 0 aromatic heterocycles. The van der Waals surface area contributed by atoms with Crippen LogP contribution < -0.4 is 5.73 Å². The van der Waals surface area contributed by atoms with Gasteiger partial charge < -0.3 is 15.7 Å². The third-order valence-corrected chi connectivity index (χ3v) is 3.42. The molecule has 1 saturated heterocycles. The molecule has 1 heterocycles. The van der Waals surface area contributed by atoms with Gasteiger partial charge in [-0.2, -0.15) is 0 Å². The van der Waals surface area contributed by atoms with Crippen molar-refractivity contribution in [3.05, 3.63) is 28.2 Å². The molecular weight excluding hydrogens is 300 g/mol. The van der Waals surface area contributed by atoms with Crippen LogP contribution in [-0.4, -0.2) is 34.5 Å². The first-order valence-electron chi connectivity index (χ1n) is 5.59. The molecule has 2 rings (SSSR count). The van der Waals surface area contributed by atoms with Crippen molar-refractivity contribution in [2.45, 2.75) is 18.9 Å². The lowest BCUT2D eigenvalue weighted by molar-refractivity contribution is -0.141. The standard InChI is InChI=1S/C12H13BrN2O3/c13-8-4-7(5-9(14)6-8)11(16)15-3-1-2-10(15)12(17)18/h4-6,10H,1-3,14H2,(H,17,18)/t10-/m1/s1. The molecule has 0 radical (unpaired) electrons. The predicted molar refractivity (Wildman–Crippen MR) is 70.2 cm³/mol. The number of carbonyl (C=O) groups is 2. The van der Waals surface area contributed by atoms with Gasteiger partial charge in [0, 0.05) is 22.3 Å². The summed E-state index contributed by atoms with van der Waals surface area (Å²) in [7, 11) is 0. The molecule has 1 atom stereocenters. The van der Waals surface area contributed by atoms with Gasteiger partial charge in [0.15, 0.2) is 0 Å². The Morgan fingerprint density at radius 3 is 2.72 bits per heavy atom. The van der Waals surface area contributed by atoms with Crippen LogP contribution in [0.25, 0.3) is 0 Å². The van der Waals surface area contributed by atoms with Gasteiger partial charge in [-0.1, -0.05) is 15.9 Å². The second kappa shape index (κ2) is 4.97. The Labute approximate surface area is 113 Å². The average molecular weight is 313 g/mol. The highest BCUT2D eigenvalue weighted by molar-refractivity contribution is 9.10. The first-order valence-corrected chi connectivity index (χ1v) is 6.38. The number of rotatable bonds is 2. The van der Waals surface area contributed by atoms with E-state index in [9.17, 15) is 9.59 Å². The van der Waals surface area contributed by atoms with Gasteiger partial charge in [-0.3, -0.25) is 4.79 Å². The van der Waals surface area contributed by atoms with Crippen molar-refractivity contribution >= 4 is 33.5 Å². The van der Waals surface area contributed by atoms with Crippen LogP contribution in [0.5, 0.6) is 0 Å². The van der Waals surface area contributed by atoms with Gasteiger partial charge in [0.05, 0.1) is 0 Å². The van der Waals surface area contributed by atoms with Crippen molar-refractivity contribution in [3.8, 4) is 0 Å². The predicted octanol–water partition coefficient (Wildman–Crippen LogP) is 1.72. The second-order valence-electron chi connectivity index (χ2n) is 4.27. The summed E-state index contributed by atoms with van der Waals surface area (Å²) in [4.78, 5) is 24.7. The van der Waals surface area contributed by atoms with Crippen molar-refractivity contribution in [3.63, 3.8) is 0 Å². The highest BCUT2D eigenvalue weighted by Crippen LogP contribution is 2.23. The number of carbonyl (C=O) groups excluding carboxylic acids is 1. The molecule has 3 N–H and O–H groups in total. The van der Waals surface area contributed by atoms with Crippen LogP contribution in [0.2, 0.25) is 0 Å². The second-order valence-corrected chi connectivity index (χ2v) is 5.18. The number of amides is 1. The molecule has 1 aliphatic rings. The molecule has 1 aromatic rings. The van der Waals surface area contributed by atoms with Crippen LogP contribution in [0.15, 0.2) is 22.7 Å². The summed E-state index contributed by atoms with van der Waals surface area (Å²) < 4.78 is 0.705. The van der Waals surface area contributed by atoms with Gasteiger partial charge in [-0.25, -0.2) is 4.79 Å². The van der Waals surface area contributed by atoms with Gasteiger partial charge in [0.2, 0.25) is 0 Å². The molecule has 0 spiro atoms. The minimum atomic E-state index is -0.955. The number of hydrogen-bond acceptors (Lipinski definition) is 3. The van der Waals surface area contributed by atoms with Crippen LogP contribution in [0.3, 0.4) is 0 Å². The minimum Gasteiger partial charge on any atom is -0.480 e. The Kier molecular flexibility index (Phi) is 3.56. The highest BCUT2D eigenvalue weighted by atomic mass is 79.9. The summed E-state index contributed by atoms with van der Waals surface area (Å²) >= 11 is 3.27. The van der Waals surface area contributed by atoms with E-state index in [-0.39, 0.29) is 5.91 Å². The van der Waals surface area contributed by atoms with Gasteiger partial charge in [-0.05, 0) is 31.0 Å². The van der Waals surface area contributed by atoms with E-state index in [0.717, 1.165) is 0 Å². The summed E-state index contributed by atoms with van der Waals surface area (Å²) in [6.07, 6.45) is 1.22. The summed E-state index contributed by atoms with van der Waals surface area (Å²) in [6, 6.07) is 4.17. The summed E-state index contributed by atoms with van der Waals surface area (Å²) in [5, 5.41) is 9.06. The van der Waals surface area contributed by atoms with E-state index in [2.05, 4.69) is 15.9 Å². The quantitative estimate of drug-likeness (QED) is 0.814. The number of carboxylic acid groups (broad SMARTS) is 1. The number of nitrogens with zero attached hydrogens (tertiary/aromatic N) is 1. The maximum atomic E-state index is 12.3. The first-order chi connectivity index (χ1) is 8.49. The Morgan fingerprint density at radius 2 is 2.11 bits per heavy atom. The number of carboxylic acids is 1. The van der Waals surface area contributed by atoms with Gasteiger partial charge in [-0.15, -0.1) is 0 Å². The molecule has 18 heavy (non-hydrogen) atoms. The van der Waals surface area contributed by atoms with Crippen LogP contribution in [0.4, 0.5) is 5.69 Å². The Morgan fingerprint density at radius 1 is 1.39 bits per heavy atom. The normalized spacial score (nSPS) is 18.9. The molecule has 96 valence electrons. The van der Waals surface area contributed by atoms with Gasteiger partial charge in [0.25, 0.3) is 5.91 Å². The molecule has 1 amide bonds. The van der Waals surface area contributed by atoms with Crippen molar-refractivity contribution in [2.75, 3.05) is 12.3 Å². The van der Waals surface area contributed by atoms with Crippen LogP contribution in [-0.2, 0) is 4.79 Å². The van der Waals surface area contributed by atoms with E-state index in [1.165, 1.54) is 4.90 Å². The largest absolute Gasteiger partial charge is 0.480 e. The minimum absolute atomic E-state index is 0.284. The highest BCUT2D eigenvalue weighted by Gasteiger charge is 2.34. The number of nitrogen functional groups attached to an aromatic ring is 1. The van der Waals surface area contributed by atoms with E-state index in [0.29, 0.717) is 35.1 Å². The van der Waals surface area contributed by atoms with E-state index in [1.807, 2.05) is 0 Å². The lowest BCUT2D eigenvalue weighted by atomic mass is 10.1. The zero-order valence-corrected chi connectivity index (χ0v) is 11.2. The number of likely N-dealkylation sites (tertiary alicyclic amines) is 1. The zero-order valence-electron chi connectivity index (χ0n) is 9.60. The fourth-order valence-electron chi connectivity index (χ4n) is 2.17. The van der Waals surface area contributed by atoms with E-state index in [1.54, 1.807) is 18.2 Å². The Bertz CT molecular complexity index is 484. The number of anilines is 1. The number of nitrogens with two attached hydrogens (primary N) is 1. The molecule has 0 aliphatic carbocycles. The third kappa shape index (κ3) is 2.48.